The number of aryl methyl sites for hydroxylation is 1. The van der Waals surface area contributed by atoms with Gasteiger partial charge in [0.25, 0.3) is 0 Å². The fourth-order valence-electron chi connectivity index (χ4n) is 1.87. The van der Waals surface area contributed by atoms with Crippen molar-refractivity contribution in [2.75, 3.05) is 26.8 Å². The van der Waals surface area contributed by atoms with E-state index in [-0.39, 0.29) is 36.0 Å². The van der Waals surface area contributed by atoms with Crippen molar-refractivity contribution in [3.05, 3.63) is 29.3 Å². The molecule has 3 N–H and O–H groups in total. The largest absolute Gasteiger partial charge is 0.496 e. The normalized spacial score (nSPS) is 11.7. The molecule has 0 saturated heterocycles. The molecule has 1 aromatic carbocycles. The van der Waals surface area contributed by atoms with Crippen LogP contribution in [0.25, 0.3) is 0 Å². The van der Waals surface area contributed by atoms with Crippen LogP contribution in [0.3, 0.4) is 0 Å². The summed E-state index contributed by atoms with van der Waals surface area (Å²) < 4.78 is 5.41. The highest BCUT2D eigenvalue weighted by atomic mass is 127. The van der Waals surface area contributed by atoms with Gasteiger partial charge in [-0.15, -0.1) is 24.0 Å². The van der Waals surface area contributed by atoms with Crippen molar-refractivity contribution in [1.82, 2.24) is 10.6 Å². The molecule has 23 heavy (non-hydrogen) atoms. The number of aliphatic hydroxyl groups excluding tert-OH is 1. The van der Waals surface area contributed by atoms with E-state index in [1.165, 1.54) is 5.56 Å². The molecule has 1 aromatic rings. The van der Waals surface area contributed by atoms with Crippen LogP contribution in [0, 0.1) is 12.3 Å². The molecular weight excluding hydrogens is 405 g/mol. The van der Waals surface area contributed by atoms with Gasteiger partial charge in [-0.3, -0.25) is 0 Å². The smallest absolute Gasteiger partial charge is 0.191 e. The second-order valence-electron chi connectivity index (χ2n) is 6.19. The van der Waals surface area contributed by atoms with E-state index >= 15 is 0 Å². The van der Waals surface area contributed by atoms with Crippen LogP contribution in [0.4, 0.5) is 0 Å². The van der Waals surface area contributed by atoms with Crippen molar-refractivity contribution >= 4 is 29.9 Å². The summed E-state index contributed by atoms with van der Waals surface area (Å²) in [7, 11) is 1.68. The average Bonchev–Trinajstić information content (AvgIpc) is 2.50. The Balaban J connectivity index is 0.00000484. The molecular formula is C17H30IN3O2. The zero-order valence-electron chi connectivity index (χ0n) is 14.8. The predicted octanol–water partition coefficient (Wildman–Crippen LogP) is 2.70. The van der Waals surface area contributed by atoms with E-state index < -0.39 is 0 Å². The van der Waals surface area contributed by atoms with Gasteiger partial charge in [0.1, 0.15) is 5.75 Å². The number of hydrogen-bond acceptors (Lipinski definition) is 3. The maximum absolute atomic E-state index is 9.32. The third-order valence-electron chi connectivity index (χ3n) is 3.36. The first-order valence-electron chi connectivity index (χ1n) is 7.68. The Kier molecular flexibility index (Phi) is 10.2. The quantitative estimate of drug-likeness (QED) is 0.350. The van der Waals surface area contributed by atoms with Crippen molar-refractivity contribution in [1.29, 1.82) is 0 Å². The molecule has 6 heteroatoms. The molecule has 5 nitrogen and oxygen atoms in total. The minimum atomic E-state index is -0.183. The van der Waals surface area contributed by atoms with Gasteiger partial charge in [0, 0.05) is 30.7 Å². The Labute approximate surface area is 156 Å². The van der Waals surface area contributed by atoms with Gasteiger partial charge in [0.2, 0.25) is 0 Å². The highest BCUT2D eigenvalue weighted by Crippen LogP contribution is 2.20. The number of methoxy groups -OCH3 is 1. The predicted molar refractivity (Wildman–Crippen MR) is 107 cm³/mol. The van der Waals surface area contributed by atoms with Crippen molar-refractivity contribution in [2.45, 2.75) is 34.2 Å². The number of guanidine groups is 1. The number of ether oxygens (including phenoxy) is 1. The zero-order chi connectivity index (χ0) is 16.6. The van der Waals surface area contributed by atoms with E-state index in [4.69, 9.17) is 4.74 Å². The van der Waals surface area contributed by atoms with Crippen LogP contribution >= 0.6 is 24.0 Å². The molecule has 0 saturated carbocycles. The second-order valence-corrected chi connectivity index (χ2v) is 6.19. The van der Waals surface area contributed by atoms with Crippen molar-refractivity contribution in [2.24, 2.45) is 10.4 Å². The summed E-state index contributed by atoms with van der Waals surface area (Å²) in [5.74, 6) is 1.60. The maximum Gasteiger partial charge on any atom is 0.191 e. The van der Waals surface area contributed by atoms with E-state index in [9.17, 15) is 5.11 Å². The number of nitrogens with zero attached hydrogens (tertiary/aromatic N) is 1. The molecule has 0 heterocycles. The first-order chi connectivity index (χ1) is 10.4. The van der Waals surface area contributed by atoms with E-state index in [1.807, 2.05) is 39.8 Å². The van der Waals surface area contributed by atoms with Crippen molar-refractivity contribution in [3.8, 4) is 5.75 Å². The lowest BCUT2D eigenvalue weighted by molar-refractivity contribution is 0.162. The summed E-state index contributed by atoms with van der Waals surface area (Å²) in [6.07, 6.45) is 0. The second kappa shape index (κ2) is 10.7. The summed E-state index contributed by atoms with van der Waals surface area (Å²) in [5.41, 5.74) is 2.03. The molecule has 0 aromatic heterocycles. The SMILES string of the molecule is CCNC(=NCc1ccc(C)cc1OC)NCC(C)(C)CO.I. The molecule has 132 valence electrons. The minimum absolute atomic E-state index is 0. The monoisotopic (exact) mass is 435 g/mol. The Bertz CT molecular complexity index is 505. The zero-order valence-corrected chi connectivity index (χ0v) is 17.1. The van der Waals surface area contributed by atoms with Gasteiger partial charge in [-0.25, -0.2) is 4.99 Å². The van der Waals surface area contributed by atoms with Crippen LogP contribution in [-0.2, 0) is 6.54 Å². The summed E-state index contributed by atoms with van der Waals surface area (Å²) in [6.45, 7) is 10.2. The molecule has 0 spiro atoms. The third-order valence-corrected chi connectivity index (χ3v) is 3.36. The summed E-state index contributed by atoms with van der Waals surface area (Å²) >= 11 is 0. The van der Waals surface area contributed by atoms with Gasteiger partial charge in [-0.05, 0) is 25.5 Å². The van der Waals surface area contributed by atoms with Gasteiger partial charge in [-0.2, -0.15) is 0 Å². The molecule has 0 fully saturated rings. The Morgan fingerprint density at radius 1 is 1.30 bits per heavy atom. The molecule has 0 radical (unpaired) electrons. The van der Waals surface area contributed by atoms with Crippen LogP contribution in [-0.4, -0.2) is 37.9 Å². The van der Waals surface area contributed by atoms with E-state index in [0.29, 0.717) is 13.1 Å². The topological polar surface area (TPSA) is 65.9 Å². The van der Waals surface area contributed by atoms with Crippen LogP contribution in [0.2, 0.25) is 0 Å². The van der Waals surface area contributed by atoms with E-state index in [0.717, 1.165) is 23.8 Å². The molecule has 1 rings (SSSR count). The number of halogens is 1. The number of benzene rings is 1. The lowest BCUT2D eigenvalue weighted by Crippen LogP contribution is -2.43. The Hall–Kier alpha value is -1.02. The number of aliphatic hydroxyl groups is 1. The van der Waals surface area contributed by atoms with Gasteiger partial charge < -0.3 is 20.5 Å². The lowest BCUT2D eigenvalue weighted by Gasteiger charge is -2.23. The van der Waals surface area contributed by atoms with Crippen LogP contribution < -0.4 is 15.4 Å². The number of nitrogens with one attached hydrogen (secondary N) is 2. The fraction of sp³-hybridized carbons (Fsp3) is 0.588. The molecule has 0 aliphatic rings. The van der Waals surface area contributed by atoms with Crippen LogP contribution in [0.15, 0.2) is 23.2 Å². The first kappa shape index (κ1) is 22.0. The summed E-state index contributed by atoms with van der Waals surface area (Å²) in [5, 5.41) is 15.8. The lowest BCUT2D eigenvalue weighted by atomic mass is 9.95. The van der Waals surface area contributed by atoms with Gasteiger partial charge in [0.05, 0.1) is 13.7 Å². The fourth-order valence-corrected chi connectivity index (χ4v) is 1.87. The van der Waals surface area contributed by atoms with Crippen LogP contribution in [0.5, 0.6) is 5.75 Å². The van der Waals surface area contributed by atoms with Gasteiger partial charge in [0.15, 0.2) is 5.96 Å². The molecule has 0 aliphatic carbocycles. The molecule has 0 aliphatic heterocycles. The Morgan fingerprint density at radius 3 is 2.57 bits per heavy atom. The molecule has 0 atom stereocenters. The third kappa shape index (κ3) is 7.87. The average molecular weight is 435 g/mol. The molecule has 0 unspecified atom stereocenters. The van der Waals surface area contributed by atoms with Gasteiger partial charge >= 0.3 is 0 Å². The van der Waals surface area contributed by atoms with E-state index in [2.05, 4.69) is 21.7 Å². The van der Waals surface area contributed by atoms with Crippen molar-refractivity contribution < 1.29 is 9.84 Å². The Morgan fingerprint density at radius 2 is 2.00 bits per heavy atom. The number of hydrogen-bond donors (Lipinski definition) is 3. The van der Waals surface area contributed by atoms with Crippen molar-refractivity contribution in [3.63, 3.8) is 0 Å². The first-order valence-corrected chi connectivity index (χ1v) is 7.68. The van der Waals surface area contributed by atoms with Gasteiger partial charge in [-0.1, -0.05) is 26.0 Å². The minimum Gasteiger partial charge on any atom is -0.496 e. The highest BCUT2D eigenvalue weighted by Gasteiger charge is 2.16. The summed E-state index contributed by atoms with van der Waals surface area (Å²) in [4.78, 5) is 4.59. The molecule has 0 bridgehead atoms. The summed E-state index contributed by atoms with van der Waals surface area (Å²) in [6, 6.07) is 6.11. The number of aliphatic imine (C=N–C) groups is 1. The standard InChI is InChI=1S/C17H29N3O2.HI/c1-6-18-16(20-11-17(3,4)12-21)19-10-14-8-7-13(2)9-15(14)22-5;/h7-9,21H,6,10-12H2,1-5H3,(H2,18,19,20);1H. The van der Waals surface area contributed by atoms with Crippen LogP contribution in [0.1, 0.15) is 31.9 Å². The highest BCUT2D eigenvalue weighted by molar-refractivity contribution is 14.0. The maximum atomic E-state index is 9.32. The van der Waals surface area contributed by atoms with E-state index in [1.54, 1.807) is 7.11 Å². The molecule has 0 amide bonds. The number of rotatable bonds is 7.